The monoisotopic (exact) mass is 1220 g/mol. The Labute approximate surface area is 476 Å². The SMILES string of the molecule is CCO[Si](CCCCCC[Si]1(C)O[Si](C)(CCCCCC[Si](OCC)(OCC)OCC)O[Si](C)(CCCCCC[Si](OCC)(OCC)OCC)O[Si](C)(CCCCCC[Si](OCC)(OCC)OCC)O1)(OCC)OCC. The molecule has 0 spiro atoms. The highest BCUT2D eigenvalue weighted by Gasteiger charge is 2.56. The summed E-state index contributed by atoms with van der Waals surface area (Å²) in [6.45, 7) is 40.8. The predicted molar refractivity (Wildman–Crippen MR) is 326 cm³/mol. The van der Waals surface area contributed by atoms with E-state index in [2.05, 4.69) is 26.2 Å². The van der Waals surface area contributed by atoms with E-state index in [-0.39, 0.29) is 0 Å². The van der Waals surface area contributed by atoms with Gasteiger partial charge in [0.25, 0.3) is 0 Å². The Kier molecular flexibility index (Phi) is 41.5. The first-order valence-corrected chi connectivity index (χ1v) is 48.7. The smallest absolute Gasteiger partial charge is 0.416 e. The van der Waals surface area contributed by atoms with Crippen LogP contribution in [0.5, 0.6) is 0 Å². The number of unbranched alkanes of at least 4 members (excludes halogenated alkanes) is 12. The highest BCUT2D eigenvalue weighted by atomic mass is 28.5. The molecule has 1 aliphatic heterocycles. The molecule has 0 amide bonds. The summed E-state index contributed by atoms with van der Waals surface area (Å²) in [5.41, 5.74) is 0. The van der Waals surface area contributed by atoms with Gasteiger partial charge in [-0.3, -0.25) is 0 Å². The van der Waals surface area contributed by atoms with Gasteiger partial charge < -0.3 is 69.6 Å². The van der Waals surface area contributed by atoms with Crippen molar-refractivity contribution in [1.82, 2.24) is 0 Å². The fourth-order valence-electron chi connectivity index (χ4n) is 10.9. The van der Waals surface area contributed by atoms with E-state index < -0.39 is 69.5 Å². The van der Waals surface area contributed by atoms with Crippen molar-refractivity contribution in [1.29, 1.82) is 0 Å². The average Bonchev–Trinajstić information content (AvgIpc) is 3.34. The first-order valence-electron chi connectivity index (χ1n) is 30.9. The van der Waals surface area contributed by atoms with Crippen molar-refractivity contribution in [3.05, 3.63) is 0 Å². The van der Waals surface area contributed by atoms with Gasteiger partial charge in [0.05, 0.1) is 0 Å². The van der Waals surface area contributed by atoms with Gasteiger partial charge in [-0.15, -0.1) is 0 Å². The Balaban J connectivity index is 3.49. The van der Waals surface area contributed by atoms with Gasteiger partial charge in [-0.05, 0) is 159 Å². The Bertz CT molecular complexity index is 1130. The average molecular weight is 1230 g/mol. The van der Waals surface area contributed by atoms with Gasteiger partial charge in [-0.25, -0.2) is 0 Å². The second-order valence-corrected chi connectivity index (χ2v) is 45.8. The molecule has 16 nitrogen and oxygen atoms in total. The summed E-state index contributed by atoms with van der Waals surface area (Å²) in [5, 5.41) is 0. The zero-order valence-corrected chi connectivity index (χ0v) is 60.0. The fourth-order valence-corrected chi connectivity index (χ4v) is 45.2. The minimum Gasteiger partial charge on any atom is -0.416 e. The Morgan fingerprint density at radius 1 is 0.211 bits per heavy atom. The fraction of sp³-hybridized carbons (Fsp3) is 1.00. The molecule has 0 aromatic rings. The van der Waals surface area contributed by atoms with E-state index >= 15 is 0 Å². The van der Waals surface area contributed by atoms with Crippen LogP contribution in [0.4, 0.5) is 0 Å². The van der Waals surface area contributed by atoms with E-state index in [1.807, 2.05) is 83.1 Å². The molecule has 456 valence electrons. The molecular formula is C52H120O16Si8. The normalized spacial score (nSPS) is 22.1. The summed E-state index contributed by atoms with van der Waals surface area (Å²) in [4.78, 5) is 0. The van der Waals surface area contributed by atoms with E-state index in [0.29, 0.717) is 79.3 Å². The summed E-state index contributed by atoms with van der Waals surface area (Å²) >= 11 is 0. The van der Waals surface area contributed by atoms with Crippen LogP contribution in [0.2, 0.25) is 74.5 Å². The van der Waals surface area contributed by atoms with Crippen molar-refractivity contribution in [2.24, 2.45) is 0 Å². The van der Waals surface area contributed by atoms with Crippen LogP contribution < -0.4 is 0 Å². The molecule has 0 saturated carbocycles. The molecule has 0 N–H and O–H groups in total. The maximum atomic E-state index is 7.72. The zero-order valence-electron chi connectivity index (χ0n) is 52.0. The summed E-state index contributed by atoms with van der Waals surface area (Å²) in [5.74, 6) is 0. The topological polar surface area (TPSA) is 148 Å². The molecular weight excluding hydrogens is 1110 g/mol. The Morgan fingerprint density at radius 3 is 0.474 bits per heavy atom. The summed E-state index contributed by atoms with van der Waals surface area (Å²) < 4.78 is 105. The molecule has 0 radical (unpaired) electrons. The molecule has 76 heavy (non-hydrogen) atoms. The molecule has 1 saturated heterocycles. The Morgan fingerprint density at radius 2 is 0.342 bits per heavy atom. The third kappa shape index (κ3) is 30.1. The molecule has 24 heteroatoms. The molecule has 0 bridgehead atoms. The minimum absolute atomic E-state index is 0.596. The van der Waals surface area contributed by atoms with Crippen molar-refractivity contribution >= 4 is 69.5 Å². The van der Waals surface area contributed by atoms with Crippen molar-refractivity contribution < 1.29 is 69.6 Å². The van der Waals surface area contributed by atoms with E-state index in [0.717, 1.165) is 151 Å². The predicted octanol–water partition coefficient (Wildman–Crippen LogP) is 14.8. The van der Waals surface area contributed by atoms with Crippen LogP contribution in [-0.2, 0) is 69.6 Å². The van der Waals surface area contributed by atoms with Gasteiger partial charge in [-0.2, -0.15) is 0 Å². The van der Waals surface area contributed by atoms with Gasteiger partial charge in [0, 0.05) is 103 Å². The Hall–Kier alpha value is 1.10. The van der Waals surface area contributed by atoms with Crippen LogP contribution in [-0.4, -0.2) is 149 Å². The van der Waals surface area contributed by atoms with Gasteiger partial charge in [0.2, 0.25) is 0 Å². The largest absolute Gasteiger partial charge is 0.500 e. The lowest BCUT2D eigenvalue weighted by Gasteiger charge is -2.50. The van der Waals surface area contributed by atoms with Crippen molar-refractivity contribution in [2.45, 2.75) is 260 Å². The molecule has 1 aliphatic rings. The third-order valence-corrected chi connectivity index (χ3v) is 45.0. The highest BCUT2D eigenvalue weighted by molar-refractivity contribution is 6.94. The lowest BCUT2D eigenvalue weighted by atomic mass is 10.2. The molecule has 1 fully saturated rings. The van der Waals surface area contributed by atoms with Crippen LogP contribution in [0.3, 0.4) is 0 Å². The maximum absolute atomic E-state index is 7.72. The van der Waals surface area contributed by atoms with Crippen LogP contribution in [0.25, 0.3) is 0 Å². The highest BCUT2D eigenvalue weighted by Crippen LogP contribution is 2.40. The van der Waals surface area contributed by atoms with Crippen LogP contribution in [0.15, 0.2) is 0 Å². The summed E-state index contributed by atoms with van der Waals surface area (Å²) in [6.07, 6.45) is 16.7. The van der Waals surface area contributed by atoms with Crippen molar-refractivity contribution in [3.63, 3.8) is 0 Å². The third-order valence-electron chi connectivity index (χ3n) is 13.6. The maximum Gasteiger partial charge on any atom is 0.500 e. The zero-order chi connectivity index (χ0) is 56.8. The molecule has 0 aliphatic carbocycles. The van der Waals surface area contributed by atoms with Gasteiger partial charge in [-0.1, -0.05) is 77.0 Å². The quantitative estimate of drug-likeness (QED) is 0.0420. The standard InChI is InChI=1S/C52H120O16Si8/c1-17-53-73(54-18-2,55-19-3)49-41-33-29-37-45-69(13)65-70(14,46-38-30-34-42-50-74(56-20-4,57-21-5)58-22-6)67-72(16,48-40-32-36-44-52-76(62-26-10,63-27-11)64-28-12)68-71(15,66-69)47-39-31-35-43-51-75(59-23-7,60-24-8)61-25-9/h17-52H2,1-16H3. The lowest BCUT2D eigenvalue weighted by Crippen LogP contribution is -2.67. The molecule has 1 heterocycles. The van der Waals surface area contributed by atoms with Crippen molar-refractivity contribution in [3.8, 4) is 0 Å². The van der Waals surface area contributed by atoms with Crippen LogP contribution >= 0.6 is 0 Å². The number of rotatable bonds is 52. The van der Waals surface area contributed by atoms with Gasteiger partial charge >= 0.3 is 69.5 Å². The van der Waals surface area contributed by atoms with Gasteiger partial charge in [0.15, 0.2) is 0 Å². The van der Waals surface area contributed by atoms with Crippen molar-refractivity contribution in [2.75, 3.05) is 79.3 Å². The second-order valence-electron chi connectivity index (χ2n) is 20.5. The molecule has 1 rings (SSSR count). The first kappa shape index (κ1) is 75.1. The van der Waals surface area contributed by atoms with Crippen LogP contribution in [0.1, 0.15) is 186 Å². The second kappa shape index (κ2) is 42.0. The molecule has 0 atom stereocenters. The molecule has 0 aromatic carbocycles. The summed E-state index contributed by atoms with van der Waals surface area (Å²) in [7, 11) is -22.1. The van der Waals surface area contributed by atoms with E-state index in [9.17, 15) is 0 Å². The van der Waals surface area contributed by atoms with E-state index in [4.69, 9.17) is 69.6 Å². The molecule has 0 unspecified atom stereocenters. The number of hydrogen-bond acceptors (Lipinski definition) is 16. The van der Waals surface area contributed by atoms with Crippen LogP contribution in [0, 0.1) is 0 Å². The van der Waals surface area contributed by atoms with Gasteiger partial charge in [0.1, 0.15) is 0 Å². The first-order chi connectivity index (χ1) is 36.4. The summed E-state index contributed by atoms with van der Waals surface area (Å²) in [6, 6.07) is 6.95. The molecule has 0 aromatic heterocycles. The number of hydrogen-bond donors (Lipinski definition) is 0. The van der Waals surface area contributed by atoms with E-state index in [1.165, 1.54) is 0 Å². The minimum atomic E-state index is -2.82. The van der Waals surface area contributed by atoms with E-state index in [1.54, 1.807) is 0 Å². The lowest BCUT2D eigenvalue weighted by molar-refractivity contribution is 0.0698.